The number of anilines is 1. The molecule has 0 unspecified atom stereocenters. The minimum atomic E-state index is -0.923. The Morgan fingerprint density at radius 3 is 1.86 bits per heavy atom. The first kappa shape index (κ1) is 12.8. The zero-order chi connectivity index (χ0) is 14.9. The van der Waals surface area contributed by atoms with E-state index in [1.54, 1.807) is 0 Å². The Balaban J connectivity index is 1.73. The fourth-order valence-corrected chi connectivity index (χ4v) is 4.29. The lowest BCUT2D eigenvalue weighted by Crippen LogP contribution is -2.43. The highest BCUT2D eigenvalue weighted by Gasteiger charge is 2.67. The lowest BCUT2D eigenvalue weighted by Gasteiger charge is -2.29. The summed E-state index contributed by atoms with van der Waals surface area (Å²) in [6.45, 7) is 0. The van der Waals surface area contributed by atoms with Crippen molar-refractivity contribution in [2.45, 2.75) is 18.6 Å². The van der Waals surface area contributed by atoms with Crippen LogP contribution in [0.5, 0.6) is 5.75 Å². The van der Waals surface area contributed by atoms with Crippen LogP contribution >= 0.6 is 0 Å². The van der Waals surface area contributed by atoms with Crippen molar-refractivity contribution < 1.29 is 24.9 Å². The fraction of sp³-hybridized carbons (Fsp3) is 0.467. The Hall–Kier alpha value is -1.92. The van der Waals surface area contributed by atoms with Crippen LogP contribution in [0.25, 0.3) is 0 Å². The molecule has 1 heterocycles. The standard InChI is InChI=1S/C15H15NO5/c17-7-3-1-6(2-4-7)16-14(20)10-8-5-9(11(10)15(16)21)13(19)12(8)18/h1-4,8-13,17-19H,5H2/t8-,9+,10-,11+,12+,13-. The molecule has 6 atom stereocenters. The Kier molecular flexibility index (Phi) is 2.47. The summed E-state index contributed by atoms with van der Waals surface area (Å²) in [7, 11) is 0. The summed E-state index contributed by atoms with van der Waals surface area (Å²) in [4.78, 5) is 26.3. The number of fused-ring (bicyclic) bond motifs is 5. The molecule has 2 bridgehead atoms. The van der Waals surface area contributed by atoms with Crippen LogP contribution in [-0.2, 0) is 9.59 Å². The van der Waals surface area contributed by atoms with Crippen LogP contribution in [0.2, 0.25) is 0 Å². The molecule has 1 aromatic carbocycles. The van der Waals surface area contributed by atoms with Gasteiger partial charge in [-0.3, -0.25) is 14.5 Å². The normalized spacial score (nSPS) is 41.0. The molecule has 3 aliphatic rings. The average Bonchev–Trinajstić information content (AvgIpc) is 3.06. The van der Waals surface area contributed by atoms with E-state index < -0.39 is 24.0 Å². The molecule has 1 aliphatic heterocycles. The van der Waals surface area contributed by atoms with Gasteiger partial charge in [0.15, 0.2) is 0 Å². The first-order valence-corrected chi connectivity index (χ1v) is 7.03. The summed E-state index contributed by atoms with van der Waals surface area (Å²) in [5.41, 5.74) is 0.417. The molecule has 0 spiro atoms. The number of nitrogens with zero attached hydrogens (tertiary/aromatic N) is 1. The van der Waals surface area contributed by atoms with Crippen LogP contribution in [0.15, 0.2) is 24.3 Å². The Bertz CT molecular complexity index is 595. The van der Waals surface area contributed by atoms with Gasteiger partial charge in [-0.25, -0.2) is 0 Å². The number of amides is 2. The second-order valence-corrected chi connectivity index (χ2v) is 6.12. The highest BCUT2D eigenvalue weighted by Crippen LogP contribution is 2.56. The van der Waals surface area contributed by atoms with Crippen LogP contribution in [0.4, 0.5) is 5.69 Å². The summed E-state index contributed by atoms with van der Waals surface area (Å²) in [6.07, 6.45) is -1.32. The number of phenolic OH excluding ortho intramolecular Hbond substituents is 1. The first-order valence-electron chi connectivity index (χ1n) is 7.03. The predicted octanol–water partition coefficient (Wildman–Crippen LogP) is -0.131. The molecule has 2 saturated carbocycles. The molecule has 6 nitrogen and oxygen atoms in total. The van der Waals surface area contributed by atoms with Gasteiger partial charge in [0, 0.05) is 11.8 Å². The van der Waals surface area contributed by atoms with Gasteiger partial charge in [-0.05, 0) is 30.7 Å². The topological polar surface area (TPSA) is 98.1 Å². The van der Waals surface area contributed by atoms with Gasteiger partial charge in [0.1, 0.15) is 5.75 Å². The molecule has 21 heavy (non-hydrogen) atoms. The zero-order valence-corrected chi connectivity index (χ0v) is 11.1. The van der Waals surface area contributed by atoms with Crippen LogP contribution < -0.4 is 4.90 Å². The molecule has 0 aromatic heterocycles. The second-order valence-electron chi connectivity index (χ2n) is 6.12. The molecule has 6 heteroatoms. The number of aliphatic hydroxyl groups excluding tert-OH is 2. The maximum Gasteiger partial charge on any atom is 0.238 e. The number of aliphatic hydroxyl groups is 2. The number of phenols is 1. The minimum absolute atomic E-state index is 0.0592. The molecule has 3 fully saturated rings. The maximum atomic E-state index is 12.6. The Morgan fingerprint density at radius 1 is 0.905 bits per heavy atom. The number of hydrogen-bond donors (Lipinski definition) is 3. The van der Waals surface area contributed by atoms with Crippen LogP contribution in [0.1, 0.15) is 6.42 Å². The van der Waals surface area contributed by atoms with Crippen molar-refractivity contribution in [1.82, 2.24) is 0 Å². The van der Waals surface area contributed by atoms with Crippen molar-refractivity contribution in [1.29, 1.82) is 0 Å². The van der Waals surface area contributed by atoms with Crippen molar-refractivity contribution in [3.05, 3.63) is 24.3 Å². The number of carbonyl (C=O) groups excluding carboxylic acids is 2. The summed E-state index contributed by atoms with van der Waals surface area (Å²) in [5.74, 6) is -2.31. The highest BCUT2D eigenvalue weighted by molar-refractivity contribution is 6.22. The molecular weight excluding hydrogens is 274 g/mol. The van der Waals surface area contributed by atoms with Gasteiger partial charge in [-0.2, -0.15) is 0 Å². The van der Waals surface area contributed by atoms with Crippen LogP contribution in [-0.4, -0.2) is 39.3 Å². The van der Waals surface area contributed by atoms with E-state index in [2.05, 4.69) is 0 Å². The van der Waals surface area contributed by atoms with Gasteiger partial charge in [0.2, 0.25) is 11.8 Å². The van der Waals surface area contributed by atoms with Gasteiger partial charge < -0.3 is 15.3 Å². The van der Waals surface area contributed by atoms with Gasteiger partial charge >= 0.3 is 0 Å². The monoisotopic (exact) mass is 289 g/mol. The maximum absolute atomic E-state index is 12.6. The molecule has 1 aromatic rings. The van der Waals surface area contributed by atoms with E-state index in [1.165, 1.54) is 24.3 Å². The van der Waals surface area contributed by atoms with E-state index in [4.69, 9.17) is 0 Å². The third kappa shape index (κ3) is 1.49. The fourth-order valence-electron chi connectivity index (χ4n) is 4.29. The lowest BCUT2D eigenvalue weighted by molar-refractivity contribution is -0.129. The van der Waals surface area contributed by atoms with E-state index in [-0.39, 0.29) is 29.4 Å². The Morgan fingerprint density at radius 2 is 1.38 bits per heavy atom. The van der Waals surface area contributed by atoms with Crippen LogP contribution in [0.3, 0.4) is 0 Å². The van der Waals surface area contributed by atoms with Crippen molar-refractivity contribution in [3.8, 4) is 5.75 Å². The molecule has 4 rings (SSSR count). The average molecular weight is 289 g/mol. The van der Waals surface area contributed by atoms with Gasteiger partial charge in [0.05, 0.1) is 29.7 Å². The van der Waals surface area contributed by atoms with Crippen molar-refractivity contribution in [3.63, 3.8) is 0 Å². The summed E-state index contributed by atoms with van der Waals surface area (Å²) < 4.78 is 0. The summed E-state index contributed by atoms with van der Waals surface area (Å²) in [6, 6.07) is 5.87. The SMILES string of the molecule is O=C1[C@@H]2[C@H]3C[C@H]([C@@H](O)[C@H]3O)[C@@H]2C(=O)N1c1ccc(O)cc1. The molecule has 110 valence electrons. The van der Waals surface area contributed by atoms with Crippen molar-refractivity contribution in [2.75, 3.05) is 4.90 Å². The van der Waals surface area contributed by atoms with E-state index in [0.717, 1.165) is 4.90 Å². The smallest absolute Gasteiger partial charge is 0.238 e. The summed E-state index contributed by atoms with van der Waals surface area (Å²) >= 11 is 0. The Labute approximate surface area is 120 Å². The molecule has 2 aliphatic carbocycles. The quantitative estimate of drug-likeness (QED) is 0.626. The lowest BCUT2D eigenvalue weighted by atomic mass is 9.78. The molecule has 0 radical (unpaired) electrons. The number of aromatic hydroxyl groups is 1. The zero-order valence-electron chi connectivity index (χ0n) is 11.1. The van der Waals surface area contributed by atoms with Crippen molar-refractivity contribution in [2.24, 2.45) is 23.7 Å². The highest BCUT2D eigenvalue weighted by atomic mass is 16.3. The van der Waals surface area contributed by atoms with Crippen molar-refractivity contribution >= 4 is 17.5 Å². The number of rotatable bonds is 1. The minimum Gasteiger partial charge on any atom is -0.508 e. The number of imide groups is 1. The number of benzene rings is 1. The molecular formula is C15H15NO5. The van der Waals surface area contributed by atoms with Crippen LogP contribution in [0, 0.1) is 23.7 Å². The van der Waals surface area contributed by atoms with Gasteiger partial charge in [0.25, 0.3) is 0 Å². The molecule has 2 amide bonds. The van der Waals surface area contributed by atoms with E-state index in [1.807, 2.05) is 0 Å². The van der Waals surface area contributed by atoms with Gasteiger partial charge in [-0.15, -0.1) is 0 Å². The van der Waals surface area contributed by atoms with E-state index in [0.29, 0.717) is 12.1 Å². The largest absolute Gasteiger partial charge is 0.508 e. The third-order valence-electron chi connectivity index (χ3n) is 5.20. The first-order chi connectivity index (χ1) is 10.0. The van der Waals surface area contributed by atoms with Gasteiger partial charge in [-0.1, -0.05) is 0 Å². The second kappa shape index (κ2) is 4.05. The summed E-state index contributed by atoms with van der Waals surface area (Å²) in [5, 5.41) is 29.2. The number of hydrogen-bond acceptors (Lipinski definition) is 5. The third-order valence-corrected chi connectivity index (χ3v) is 5.20. The predicted molar refractivity (Wildman–Crippen MR) is 71.2 cm³/mol. The molecule has 1 saturated heterocycles. The van der Waals surface area contributed by atoms with E-state index in [9.17, 15) is 24.9 Å². The molecule has 3 N–H and O–H groups in total. The van der Waals surface area contributed by atoms with E-state index >= 15 is 0 Å². The number of carbonyl (C=O) groups is 2.